The van der Waals surface area contributed by atoms with Crippen molar-refractivity contribution < 1.29 is 33.4 Å². The maximum atomic E-state index is 13.4. The number of hydrogen-bond donors (Lipinski definition) is 2. The number of nitrogens with one attached hydrogen (secondary N) is 1. The molecule has 0 aliphatic heterocycles. The highest BCUT2D eigenvalue weighted by Crippen LogP contribution is 2.16. The normalized spacial score (nSPS) is 9.90. The molecule has 20 heavy (non-hydrogen) atoms. The van der Waals surface area contributed by atoms with Crippen molar-refractivity contribution >= 4 is 23.5 Å². The fraction of sp³-hybridized carbons (Fsp3) is 0.250. The Morgan fingerprint density at radius 1 is 1.30 bits per heavy atom. The van der Waals surface area contributed by atoms with E-state index in [9.17, 15) is 18.8 Å². The van der Waals surface area contributed by atoms with E-state index in [1.165, 1.54) is 13.2 Å². The highest BCUT2D eigenvalue weighted by atomic mass is 19.1. The van der Waals surface area contributed by atoms with Crippen LogP contribution in [0.25, 0.3) is 0 Å². The number of halogens is 1. The van der Waals surface area contributed by atoms with Gasteiger partial charge in [-0.05, 0) is 18.2 Å². The van der Waals surface area contributed by atoms with E-state index in [1.54, 1.807) is 0 Å². The Morgan fingerprint density at radius 3 is 2.60 bits per heavy atom. The first-order valence-corrected chi connectivity index (χ1v) is 5.41. The Morgan fingerprint density at radius 2 is 2.00 bits per heavy atom. The van der Waals surface area contributed by atoms with Crippen molar-refractivity contribution in [3.05, 3.63) is 29.6 Å². The molecule has 2 N–H and O–H groups in total. The van der Waals surface area contributed by atoms with Crippen molar-refractivity contribution in [2.45, 2.75) is 0 Å². The zero-order chi connectivity index (χ0) is 15.1. The monoisotopic (exact) mass is 285 g/mol. The molecule has 1 rings (SSSR count). The molecule has 108 valence electrons. The average molecular weight is 285 g/mol. The molecule has 1 aromatic rings. The van der Waals surface area contributed by atoms with Gasteiger partial charge in [-0.25, -0.2) is 14.0 Å². The molecule has 0 aromatic heterocycles. The first-order chi connectivity index (χ1) is 9.43. The number of carbonyl (C=O) groups is 3. The Bertz CT molecular complexity index is 531. The predicted molar refractivity (Wildman–Crippen MR) is 64.8 cm³/mol. The van der Waals surface area contributed by atoms with Gasteiger partial charge in [-0.2, -0.15) is 0 Å². The maximum Gasteiger partial charge on any atom is 0.337 e. The average Bonchev–Trinajstić information content (AvgIpc) is 2.40. The zero-order valence-corrected chi connectivity index (χ0v) is 10.5. The summed E-state index contributed by atoms with van der Waals surface area (Å²) in [6.07, 6.45) is 0. The van der Waals surface area contributed by atoms with Gasteiger partial charge >= 0.3 is 11.9 Å². The number of rotatable bonds is 6. The molecule has 8 heteroatoms. The fourth-order valence-corrected chi connectivity index (χ4v) is 1.28. The van der Waals surface area contributed by atoms with Gasteiger partial charge in [-0.3, -0.25) is 4.79 Å². The predicted octanol–water partition coefficient (Wildman–Crippen LogP) is 0.652. The van der Waals surface area contributed by atoms with Crippen molar-refractivity contribution in [3.8, 4) is 0 Å². The second-order valence-corrected chi connectivity index (χ2v) is 3.62. The van der Waals surface area contributed by atoms with Crippen LogP contribution in [0.5, 0.6) is 0 Å². The molecular formula is C12H12FNO6. The zero-order valence-electron chi connectivity index (χ0n) is 10.5. The third-order valence-corrected chi connectivity index (χ3v) is 2.12. The molecule has 1 amide bonds. The number of esters is 1. The first-order valence-electron chi connectivity index (χ1n) is 5.41. The first kappa shape index (κ1) is 15.6. The molecule has 0 aliphatic carbocycles. The number of ether oxygens (including phenoxy) is 2. The van der Waals surface area contributed by atoms with Gasteiger partial charge in [0.25, 0.3) is 0 Å². The maximum absolute atomic E-state index is 13.4. The standard InChI is InChI=1S/C12H12FNO6/c1-19-12(18)7-2-3-8(13)9(4-7)14-10(15)5-20-6-11(16)17/h2-4H,5-6H2,1H3,(H,14,15)(H,16,17). The van der Waals surface area contributed by atoms with Crippen molar-refractivity contribution in [1.82, 2.24) is 0 Å². The molecule has 0 aliphatic rings. The lowest BCUT2D eigenvalue weighted by Gasteiger charge is -2.08. The second kappa shape index (κ2) is 7.19. The Hall–Kier alpha value is -2.48. The van der Waals surface area contributed by atoms with Crippen LogP contribution in [0.2, 0.25) is 0 Å². The highest BCUT2D eigenvalue weighted by molar-refractivity contribution is 5.95. The molecule has 7 nitrogen and oxygen atoms in total. The van der Waals surface area contributed by atoms with E-state index in [4.69, 9.17) is 5.11 Å². The van der Waals surface area contributed by atoms with Crippen LogP contribution in [0, 0.1) is 5.82 Å². The van der Waals surface area contributed by atoms with Crippen LogP contribution in [0.1, 0.15) is 10.4 Å². The molecule has 0 bridgehead atoms. The van der Waals surface area contributed by atoms with Crippen LogP contribution in [0.3, 0.4) is 0 Å². The van der Waals surface area contributed by atoms with Crippen LogP contribution in [0.4, 0.5) is 10.1 Å². The Kier molecular flexibility index (Phi) is 5.60. The molecule has 0 radical (unpaired) electrons. The fourth-order valence-electron chi connectivity index (χ4n) is 1.28. The largest absolute Gasteiger partial charge is 0.480 e. The molecule has 0 fully saturated rings. The molecule has 0 saturated heterocycles. The smallest absolute Gasteiger partial charge is 0.337 e. The topological polar surface area (TPSA) is 102 Å². The van der Waals surface area contributed by atoms with Gasteiger partial charge in [0, 0.05) is 0 Å². The van der Waals surface area contributed by atoms with Crippen molar-refractivity contribution in [3.63, 3.8) is 0 Å². The lowest BCUT2D eigenvalue weighted by Crippen LogP contribution is -2.21. The Labute approximate surface area is 113 Å². The van der Waals surface area contributed by atoms with Crippen LogP contribution < -0.4 is 5.32 Å². The summed E-state index contributed by atoms with van der Waals surface area (Å²) in [5.41, 5.74) is -0.160. The lowest BCUT2D eigenvalue weighted by atomic mass is 10.2. The van der Waals surface area contributed by atoms with E-state index in [2.05, 4.69) is 14.8 Å². The number of amides is 1. The van der Waals surface area contributed by atoms with Crippen molar-refractivity contribution in [2.75, 3.05) is 25.6 Å². The summed E-state index contributed by atoms with van der Waals surface area (Å²) in [7, 11) is 1.17. The van der Waals surface area contributed by atoms with Crippen LogP contribution in [-0.2, 0) is 19.1 Å². The number of benzene rings is 1. The number of carboxylic acids is 1. The van der Waals surface area contributed by atoms with Crippen LogP contribution >= 0.6 is 0 Å². The van der Waals surface area contributed by atoms with Crippen LogP contribution in [0.15, 0.2) is 18.2 Å². The van der Waals surface area contributed by atoms with Gasteiger partial charge in [-0.1, -0.05) is 0 Å². The number of hydrogen-bond acceptors (Lipinski definition) is 5. The number of carbonyl (C=O) groups excluding carboxylic acids is 2. The van der Waals surface area contributed by atoms with Crippen molar-refractivity contribution in [1.29, 1.82) is 0 Å². The van der Waals surface area contributed by atoms with Gasteiger partial charge in [-0.15, -0.1) is 0 Å². The van der Waals surface area contributed by atoms with E-state index < -0.39 is 36.9 Å². The third-order valence-electron chi connectivity index (χ3n) is 2.12. The minimum Gasteiger partial charge on any atom is -0.480 e. The molecular weight excluding hydrogens is 273 g/mol. The van der Waals surface area contributed by atoms with Gasteiger partial charge in [0.15, 0.2) is 0 Å². The van der Waals surface area contributed by atoms with Gasteiger partial charge in [0.1, 0.15) is 19.0 Å². The molecule has 0 heterocycles. The summed E-state index contributed by atoms with van der Waals surface area (Å²) in [5, 5.41) is 10.5. The number of anilines is 1. The summed E-state index contributed by atoms with van der Waals surface area (Å²) in [5.74, 6) is -3.39. The van der Waals surface area contributed by atoms with Crippen LogP contribution in [-0.4, -0.2) is 43.3 Å². The van der Waals surface area contributed by atoms with Gasteiger partial charge < -0.3 is 19.9 Å². The minimum absolute atomic E-state index is 0.0654. The summed E-state index contributed by atoms with van der Waals surface area (Å²) < 4.78 is 22.5. The van der Waals surface area contributed by atoms with E-state index in [1.807, 2.05) is 0 Å². The summed E-state index contributed by atoms with van der Waals surface area (Å²) in [6, 6.07) is 3.31. The Balaban J connectivity index is 2.68. The molecule has 1 aromatic carbocycles. The van der Waals surface area contributed by atoms with E-state index in [0.29, 0.717) is 0 Å². The number of methoxy groups -OCH3 is 1. The number of aliphatic carboxylic acids is 1. The molecule has 0 unspecified atom stereocenters. The minimum atomic E-state index is -1.23. The third kappa shape index (κ3) is 4.65. The summed E-state index contributed by atoms with van der Waals surface area (Å²) in [4.78, 5) is 32.8. The SMILES string of the molecule is COC(=O)c1ccc(F)c(NC(=O)COCC(=O)O)c1. The van der Waals surface area contributed by atoms with Gasteiger partial charge in [0.2, 0.25) is 5.91 Å². The summed E-state index contributed by atoms with van der Waals surface area (Å²) >= 11 is 0. The summed E-state index contributed by atoms with van der Waals surface area (Å²) in [6.45, 7) is -1.19. The highest BCUT2D eigenvalue weighted by Gasteiger charge is 2.12. The number of carboxylic acid groups (broad SMARTS) is 1. The van der Waals surface area contributed by atoms with E-state index in [0.717, 1.165) is 12.1 Å². The van der Waals surface area contributed by atoms with Crippen molar-refractivity contribution in [2.24, 2.45) is 0 Å². The quantitative estimate of drug-likeness (QED) is 0.744. The molecule has 0 atom stereocenters. The second-order valence-electron chi connectivity index (χ2n) is 3.62. The molecule has 0 saturated carbocycles. The van der Waals surface area contributed by atoms with E-state index >= 15 is 0 Å². The lowest BCUT2D eigenvalue weighted by molar-refractivity contribution is -0.143. The molecule has 0 spiro atoms. The van der Waals surface area contributed by atoms with E-state index in [-0.39, 0.29) is 11.3 Å². The van der Waals surface area contributed by atoms with Gasteiger partial charge in [0.05, 0.1) is 18.4 Å².